The number of carboxylic acids is 1. The molecular weight excluding hydrogens is 202 g/mol. The Balaban J connectivity index is 2.26. The number of hydrogen-bond acceptors (Lipinski definition) is 2. The van der Waals surface area contributed by atoms with Crippen molar-refractivity contribution in [3.05, 3.63) is 29.3 Å². The van der Waals surface area contributed by atoms with Gasteiger partial charge in [0.2, 0.25) is 0 Å². The third-order valence-corrected chi connectivity index (χ3v) is 3.73. The van der Waals surface area contributed by atoms with Crippen LogP contribution in [0.4, 0.5) is 5.69 Å². The fraction of sp³-hybridized carbons (Fsp3) is 0.462. The minimum atomic E-state index is -0.724. The number of carboxylic acid groups (broad SMARTS) is 1. The summed E-state index contributed by atoms with van der Waals surface area (Å²) in [6.07, 6.45) is 1.66. The molecule has 0 saturated heterocycles. The van der Waals surface area contributed by atoms with Crippen LogP contribution >= 0.6 is 0 Å². The van der Waals surface area contributed by atoms with Crippen molar-refractivity contribution in [3.8, 4) is 0 Å². The Bertz CT molecular complexity index is 438. The second kappa shape index (κ2) is 3.51. The third kappa shape index (κ3) is 1.66. The monoisotopic (exact) mass is 219 g/mol. The first-order valence-electron chi connectivity index (χ1n) is 5.52. The van der Waals surface area contributed by atoms with Crippen LogP contribution in [-0.2, 0) is 17.6 Å². The zero-order valence-corrected chi connectivity index (χ0v) is 9.66. The highest BCUT2D eigenvalue weighted by Gasteiger charge is 2.39. The van der Waals surface area contributed by atoms with E-state index in [2.05, 4.69) is 0 Å². The van der Waals surface area contributed by atoms with Gasteiger partial charge in [0.05, 0.1) is 5.41 Å². The van der Waals surface area contributed by atoms with E-state index >= 15 is 0 Å². The molecule has 2 rings (SSSR count). The van der Waals surface area contributed by atoms with E-state index in [4.69, 9.17) is 5.73 Å². The number of carbonyl (C=O) groups is 1. The van der Waals surface area contributed by atoms with Gasteiger partial charge in [-0.25, -0.2) is 0 Å². The Hall–Kier alpha value is -1.51. The molecule has 0 bridgehead atoms. The number of aliphatic carboxylic acids is 1. The van der Waals surface area contributed by atoms with E-state index in [1.165, 1.54) is 11.1 Å². The quantitative estimate of drug-likeness (QED) is 0.749. The Morgan fingerprint density at radius 1 is 1.38 bits per heavy atom. The molecule has 1 atom stereocenters. The number of rotatable bonds is 2. The molecule has 3 nitrogen and oxygen atoms in total. The number of nitrogens with two attached hydrogens (primary N) is 1. The number of fused-ring (bicyclic) bond motifs is 1. The van der Waals surface area contributed by atoms with Crippen LogP contribution in [0.3, 0.4) is 0 Å². The predicted molar refractivity (Wildman–Crippen MR) is 63.2 cm³/mol. The molecule has 3 heteroatoms. The minimum absolute atomic E-state index is 0.168. The SMILES string of the molecule is CC(C)(C(=O)O)C1Cc2ccc(N)cc2C1. The molecule has 1 aromatic rings. The normalized spacial score (nSPS) is 19.5. The lowest BCUT2D eigenvalue weighted by Crippen LogP contribution is -2.33. The van der Waals surface area contributed by atoms with Gasteiger partial charge in [-0.1, -0.05) is 6.07 Å². The molecule has 1 aromatic carbocycles. The molecule has 0 saturated carbocycles. The first-order chi connectivity index (χ1) is 7.41. The molecule has 0 radical (unpaired) electrons. The van der Waals surface area contributed by atoms with E-state index in [0.717, 1.165) is 18.5 Å². The maximum atomic E-state index is 11.2. The number of benzene rings is 1. The molecule has 0 aliphatic heterocycles. The van der Waals surface area contributed by atoms with Crippen LogP contribution in [0, 0.1) is 11.3 Å². The van der Waals surface area contributed by atoms with Crippen molar-refractivity contribution in [2.45, 2.75) is 26.7 Å². The summed E-state index contributed by atoms with van der Waals surface area (Å²) in [6, 6.07) is 5.87. The van der Waals surface area contributed by atoms with E-state index in [0.29, 0.717) is 0 Å². The lowest BCUT2D eigenvalue weighted by Gasteiger charge is -2.26. The van der Waals surface area contributed by atoms with E-state index in [1.54, 1.807) is 13.8 Å². The smallest absolute Gasteiger partial charge is 0.309 e. The summed E-state index contributed by atoms with van der Waals surface area (Å²) in [5.41, 5.74) is 8.26. The van der Waals surface area contributed by atoms with E-state index < -0.39 is 11.4 Å². The van der Waals surface area contributed by atoms with Crippen LogP contribution in [-0.4, -0.2) is 11.1 Å². The van der Waals surface area contributed by atoms with Crippen molar-refractivity contribution in [1.29, 1.82) is 0 Å². The number of hydrogen-bond donors (Lipinski definition) is 2. The summed E-state index contributed by atoms with van der Waals surface area (Å²) in [5.74, 6) is -0.555. The molecule has 0 spiro atoms. The van der Waals surface area contributed by atoms with Gasteiger partial charge in [0, 0.05) is 5.69 Å². The molecular formula is C13H17NO2. The maximum Gasteiger partial charge on any atom is 0.309 e. The average molecular weight is 219 g/mol. The lowest BCUT2D eigenvalue weighted by molar-refractivity contribution is -0.149. The Morgan fingerprint density at radius 3 is 2.62 bits per heavy atom. The molecule has 0 amide bonds. The second-order valence-corrected chi connectivity index (χ2v) is 5.16. The summed E-state index contributed by atoms with van der Waals surface area (Å²) >= 11 is 0. The van der Waals surface area contributed by atoms with Crippen LogP contribution < -0.4 is 5.73 Å². The fourth-order valence-corrected chi connectivity index (χ4v) is 2.32. The highest BCUT2D eigenvalue weighted by atomic mass is 16.4. The molecule has 1 aliphatic rings. The lowest BCUT2D eigenvalue weighted by atomic mass is 9.77. The summed E-state index contributed by atoms with van der Waals surface area (Å²) in [7, 11) is 0. The topological polar surface area (TPSA) is 63.3 Å². The average Bonchev–Trinajstić information content (AvgIpc) is 2.60. The Kier molecular flexibility index (Phi) is 2.41. The second-order valence-electron chi connectivity index (χ2n) is 5.16. The van der Waals surface area contributed by atoms with Gasteiger partial charge < -0.3 is 10.8 Å². The standard InChI is InChI=1S/C13H17NO2/c1-13(2,12(15)16)10-5-8-3-4-11(14)7-9(8)6-10/h3-4,7,10H,5-6,14H2,1-2H3,(H,15,16). The molecule has 3 N–H and O–H groups in total. The first-order valence-corrected chi connectivity index (χ1v) is 5.52. The molecule has 0 heterocycles. The summed E-state index contributed by atoms with van der Waals surface area (Å²) in [5, 5.41) is 9.21. The van der Waals surface area contributed by atoms with Crippen molar-refractivity contribution in [1.82, 2.24) is 0 Å². The summed E-state index contributed by atoms with van der Waals surface area (Å²) in [6.45, 7) is 3.60. The van der Waals surface area contributed by atoms with E-state index in [-0.39, 0.29) is 5.92 Å². The zero-order valence-electron chi connectivity index (χ0n) is 9.66. The highest BCUT2D eigenvalue weighted by Crippen LogP contribution is 2.39. The summed E-state index contributed by atoms with van der Waals surface area (Å²) in [4.78, 5) is 11.2. The van der Waals surface area contributed by atoms with Crippen molar-refractivity contribution < 1.29 is 9.90 Å². The van der Waals surface area contributed by atoms with Crippen LogP contribution in [0.1, 0.15) is 25.0 Å². The highest BCUT2D eigenvalue weighted by molar-refractivity contribution is 5.74. The van der Waals surface area contributed by atoms with Crippen molar-refractivity contribution in [2.75, 3.05) is 5.73 Å². The van der Waals surface area contributed by atoms with Crippen LogP contribution in [0.25, 0.3) is 0 Å². The molecule has 1 unspecified atom stereocenters. The van der Waals surface area contributed by atoms with Crippen molar-refractivity contribution in [2.24, 2.45) is 11.3 Å². The number of anilines is 1. The predicted octanol–water partition coefficient (Wildman–Crippen LogP) is 2.09. The molecule has 0 fully saturated rings. The van der Waals surface area contributed by atoms with Gasteiger partial charge in [-0.05, 0) is 55.9 Å². The Morgan fingerprint density at radius 2 is 2.00 bits per heavy atom. The van der Waals surface area contributed by atoms with Crippen molar-refractivity contribution in [3.63, 3.8) is 0 Å². The maximum absolute atomic E-state index is 11.2. The molecule has 86 valence electrons. The summed E-state index contributed by atoms with van der Waals surface area (Å²) < 4.78 is 0. The van der Waals surface area contributed by atoms with E-state index in [1.807, 2.05) is 18.2 Å². The van der Waals surface area contributed by atoms with Gasteiger partial charge in [0.15, 0.2) is 0 Å². The molecule has 0 aromatic heterocycles. The van der Waals surface area contributed by atoms with Gasteiger partial charge in [0.25, 0.3) is 0 Å². The van der Waals surface area contributed by atoms with E-state index in [9.17, 15) is 9.90 Å². The minimum Gasteiger partial charge on any atom is -0.481 e. The van der Waals surface area contributed by atoms with Crippen LogP contribution in [0.2, 0.25) is 0 Å². The van der Waals surface area contributed by atoms with Crippen LogP contribution in [0.15, 0.2) is 18.2 Å². The molecule has 1 aliphatic carbocycles. The van der Waals surface area contributed by atoms with Crippen LogP contribution in [0.5, 0.6) is 0 Å². The van der Waals surface area contributed by atoms with Gasteiger partial charge >= 0.3 is 5.97 Å². The zero-order chi connectivity index (χ0) is 11.9. The first kappa shape index (κ1) is 11.0. The molecule has 16 heavy (non-hydrogen) atoms. The van der Waals surface area contributed by atoms with Gasteiger partial charge in [-0.15, -0.1) is 0 Å². The van der Waals surface area contributed by atoms with Gasteiger partial charge in [-0.3, -0.25) is 4.79 Å². The number of nitrogen functional groups attached to an aromatic ring is 1. The Labute approximate surface area is 95.3 Å². The largest absolute Gasteiger partial charge is 0.481 e. The van der Waals surface area contributed by atoms with Crippen molar-refractivity contribution >= 4 is 11.7 Å². The van der Waals surface area contributed by atoms with Gasteiger partial charge in [-0.2, -0.15) is 0 Å². The van der Waals surface area contributed by atoms with Gasteiger partial charge in [0.1, 0.15) is 0 Å². The fourth-order valence-electron chi connectivity index (χ4n) is 2.32. The third-order valence-electron chi connectivity index (χ3n) is 3.73.